The molecule has 0 aliphatic rings. The van der Waals surface area contributed by atoms with Gasteiger partial charge in [-0.3, -0.25) is 0 Å². The molecular formula is C11H12Cl2N2. The first-order valence-electron chi connectivity index (χ1n) is 4.76. The SMILES string of the molecule is CCC(CC#N)Nc1cc(Cl)ccc1Cl. The maximum atomic E-state index is 8.62. The van der Waals surface area contributed by atoms with E-state index in [1.165, 1.54) is 0 Å². The van der Waals surface area contributed by atoms with Gasteiger partial charge in [-0.2, -0.15) is 5.26 Å². The van der Waals surface area contributed by atoms with E-state index in [-0.39, 0.29) is 6.04 Å². The lowest BCUT2D eigenvalue weighted by Gasteiger charge is -2.16. The number of nitrogens with one attached hydrogen (secondary N) is 1. The Morgan fingerprint density at radius 2 is 2.20 bits per heavy atom. The molecule has 0 saturated heterocycles. The van der Waals surface area contributed by atoms with Crippen LogP contribution < -0.4 is 5.32 Å². The van der Waals surface area contributed by atoms with Crippen molar-refractivity contribution >= 4 is 28.9 Å². The fourth-order valence-electron chi connectivity index (χ4n) is 1.24. The average molecular weight is 243 g/mol. The van der Waals surface area contributed by atoms with Gasteiger partial charge in [-0.15, -0.1) is 0 Å². The van der Waals surface area contributed by atoms with Crippen LogP contribution in [0.4, 0.5) is 5.69 Å². The minimum atomic E-state index is 0.117. The van der Waals surface area contributed by atoms with E-state index in [0.717, 1.165) is 12.1 Å². The van der Waals surface area contributed by atoms with Gasteiger partial charge in [0.1, 0.15) is 0 Å². The number of halogens is 2. The summed E-state index contributed by atoms with van der Waals surface area (Å²) in [6.45, 7) is 2.02. The largest absolute Gasteiger partial charge is 0.380 e. The van der Waals surface area contributed by atoms with Crippen molar-refractivity contribution < 1.29 is 0 Å². The molecule has 1 atom stereocenters. The highest BCUT2D eigenvalue weighted by atomic mass is 35.5. The molecule has 1 aromatic carbocycles. The molecule has 0 fully saturated rings. The molecule has 0 heterocycles. The van der Waals surface area contributed by atoms with Crippen molar-refractivity contribution in [3.05, 3.63) is 28.2 Å². The molecule has 4 heteroatoms. The average Bonchev–Trinajstić information content (AvgIpc) is 2.22. The van der Waals surface area contributed by atoms with Crippen molar-refractivity contribution in [3.63, 3.8) is 0 Å². The van der Waals surface area contributed by atoms with Crippen LogP contribution >= 0.6 is 23.2 Å². The summed E-state index contributed by atoms with van der Waals surface area (Å²) in [6, 6.07) is 7.50. The van der Waals surface area contributed by atoms with Gasteiger partial charge in [-0.25, -0.2) is 0 Å². The number of anilines is 1. The van der Waals surface area contributed by atoms with Crippen molar-refractivity contribution in [2.45, 2.75) is 25.8 Å². The summed E-state index contributed by atoms with van der Waals surface area (Å²) in [4.78, 5) is 0. The molecule has 0 spiro atoms. The summed E-state index contributed by atoms with van der Waals surface area (Å²) >= 11 is 11.9. The molecular weight excluding hydrogens is 231 g/mol. The van der Waals surface area contributed by atoms with Crippen LogP contribution in [-0.2, 0) is 0 Å². The lowest BCUT2D eigenvalue weighted by molar-refractivity contribution is 0.711. The zero-order chi connectivity index (χ0) is 11.3. The van der Waals surface area contributed by atoms with E-state index in [9.17, 15) is 0 Å². The van der Waals surface area contributed by atoms with Crippen molar-refractivity contribution in [2.24, 2.45) is 0 Å². The lowest BCUT2D eigenvalue weighted by Crippen LogP contribution is -2.17. The third-order valence-electron chi connectivity index (χ3n) is 2.12. The van der Waals surface area contributed by atoms with Crippen molar-refractivity contribution in [2.75, 3.05) is 5.32 Å². The number of hydrogen-bond acceptors (Lipinski definition) is 2. The summed E-state index contributed by atoms with van der Waals surface area (Å²) in [5.74, 6) is 0. The second-order valence-electron chi connectivity index (χ2n) is 3.24. The van der Waals surface area contributed by atoms with E-state index in [1.807, 2.05) is 6.92 Å². The Morgan fingerprint density at radius 1 is 1.47 bits per heavy atom. The summed E-state index contributed by atoms with van der Waals surface area (Å²) in [5.41, 5.74) is 0.784. The Morgan fingerprint density at radius 3 is 2.80 bits per heavy atom. The van der Waals surface area contributed by atoms with Crippen LogP contribution in [0.25, 0.3) is 0 Å². The van der Waals surface area contributed by atoms with E-state index in [2.05, 4.69) is 11.4 Å². The van der Waals surface area contributed by atoms with E-state index in [1.54, 1.807) is 18.2 Å². The Kier molecular flexibility index (Phi) is 4.74. The fourth-order valence-corrected chi connectivity index (χ4v) is 1.58. The topological polar surface area (TPSA) is 35.8 Å². The minimum Gasteiger partial charge on any atom is -0.380 e. The standard InChI is InChI=1S/C11H12Cl2N2/c1-2-9(5-6-14)15-11-7-8(12)3-4-10(11)13/h3-4,7,9,15H,2,5H2,1H3. The van der Waals surface area contributed by atoms with E-state index >= 15 is 0 Å². The molecule has 0 aliphatic heterocycles. The van der Waals surface area contributed by atoms with Gasteiger partial charge in [0.2, 0.25) is 0 Å². The number of hydrogen-bond donors (Lipinski definition) is 1. The lowest BCUT2D eigenvalue weighted by atomic mass is 10.1. The van der Waals surface area contributed by atoms with Crippen LogP contribution in [0.5, 0.6) is 0 Å². The van der Waals surface area contributed by atoms with Crippen LogP contribution in [0, 0.1) is 11.3 Å². The van der Waals surface area contributed by atoms with Gasteiger partial charge in [-0.1, -0.05) is 30.1 Å². The summed E-state index contributed by atoms with van der Waals surface area (Å²) in [7, 11) is 0. The summed E-state index contributed by atoms with van der Waals surface area (Å²) in [5, 5.41) is 13.1. The minimum absolute atomic E-state index is 0.117. The molecule has 0 radical (unpaired) electrons. The van der Waals surface area contributed by atoms with Gasteiger partial charge in [0.05, 0.1) is 23.2 Å². The third-order valence-corrected chi connectivity index (χ3v) is 2.68. The third kappa shape index (κ3) is 3.62. The molecule has 80 valence electrons. The molecule has 1 unspecified atom stereocenters. The molecule has 0 aromatic heterocycles. The van der Waals surface area contributed by atoms with Gasteiger partial charge in [0.15, 0.2) is 0 Å². The molecule has 1 aromatic rings. The second kappa shape index (κ2) is 5.85. The zero-order valence-corrected chi connectivity index (χ0v) is 9.94. The molecule has 1 N–H and O–H groups in total. The first-order chi connectivity index (χ1) is 7.17. The number of nitriles is 1. The van der Waals surface area contributed by atoms with Crippen molar-refractivity contribution in [3.8, 4) is 6.07 Å². The molecule has 2 nitrogen and oxygen atoms in total. The van der Waals surface area contributed by atoms with Gasteiger partial charge in [0, 0.05) is 11.1 Å². The smallest absolute Gasteiger partial charge is 0.0643 e. The Labute approximate surface area is 99.8 Å². The highest BCUT2D eigenvalue weighted by Gasteiger charge is 2.08. The van der Waals surface area contributed by atoms with Gasteiger partial charge >= 0.3 is 0 Å². The van der Waals surface area contributed by atoms with Gasteiger partial charge in [0.25, 0.3) is 0 Å². The van der Waals surface area contributed by atoms with Crippen LogP contribution in [0.1, 0.15) is 19.8 Å². The Bertz CT molecular complexity index is 371. The highest BCUT2D eigenvalue weighted by molar-refractivity contribution is 6.35. The van der Waals surface area contributed by atoms with Gasteiger partial charge in [-0.05, 0) is 24.6 Å². The second-order valence-corrected chi connectivity index (χ2v) is 4.08. The Balaban J connectivity index is 2.78. The molecule has 0 aliphatic carbocycles. The molecule has 0 amide bonds. The van der Waals surface area contributed by atoms with Crippen LogP contribution in [-0.4, -0.2) is 6.04 Å². The molecule has 0 saturated carbocycles. The predicted octanol–water partition coefficient (Wildman–Crippen LogP) is 4.10. The zero-order valence-electron chi connectivity index (χ0n) is 8.43. The van der Waals surface area contributed by atoms with E-state index < -0.39 is 0 Å². The first kappa shape index (κ1) is 12.2. The van der Waals surface area contributed by atoms with E-state index in [4.69, 9.17) is 28.5 Å². The van der Waals surface area contributed by atoms with Gasteiger partial charge < -0.3 is 5.32 Å². The maximum absolute atomic E-state index is 8.62. The van der Waals surface area contributed by atoms with Crippen LogP contribution in [0.15, 0.2) is 18.2 Å². The normalized spacial score (nSPS) is 11.9. The molecule has 1 rings (SSSR count). The van der Waals surface area contributed by atoms with E-state index in [0.29, 0.717) is 16.5 Å². The number of benzene rings is 1. The quantitative estimate of drug-likeness (QED) is 0.864. The van der Waals surface area contributed by atoms with Crippen LogP contribution in [0.3, 0.4) is 0 Å². The van der Waals surface area contributed by atoms with Crippen LogP contribution in [0.2, 0.25) is 10.0 Å². The molecule has 0 bridgehead atoms. The maximum Gasteiger partial charge on any atom is 0.0643 e. The number of rotatable bonds is 4. The summed E-state index contributed by atoms with van der Waals surface area (Å²) < 4.78 is 0. The number of nitrogens with zero attached hydrogens (tertiary/aromatic N) is 1. The molecule has 15 heavy (non-hydrogen) atoms. The first-order valence-corrected chi connectivity index (χ1v) is 5.51. The monoisotopic (exact) mass is 242 g/mol. The van der Waals surface area contributed by atoms with Crippen molar-refractivity contribution in [1.29, 1.82) is 5.26 Å². The van der Waals surface area contributed by atoms with Crippen molar-refractivity contribution in [1.82, 2.24) is 0 Å². The highest BCUT2D eigenvalue weighted by Crippen LogP contribution is 2.26. The fraction of sp³-hybridized carbons (Fsp3) is 0.364. The summed E-state index contributed by atoms with van der Waals surface area (Å²) in [6.07, 6.45) is 1.33. The predicted molar refractivity (Wildman–Crippen MR) is 64.4 cm³/mol. The Hall–Kier alpha value is -0.910.